The predicted octanol–water partition coefficient (Wildman–Crippen LogP) is 3.47. The van der Waals surface area contributed by atoms with Gasteiger partial charge in [0.25, 0.3) is 0 Å². The van der Waals surface area contributed by atoms with Crippen LogP contribution in [0.1, 0.15) is 48.4 Å². The third-order valence-corrected chi connectivity index (χ3v) is 9.50. The lowest BCUT2D eigenvalue weighted by Gasteiger charge is -2.47. The SMILES string of the molecule is CC1O[C@@H]2O[C@H](CO)[C@@H](O)[C@H](O[C@H]3O[C@H](COC(=O)c4ccccc4)[C@@H](OC(=O)c4ccccc4)[C@H](OC(=O)c4ccccc4)[C@@H]3OC(=O)c3ccccc3)[C@@H]2O1. The van der Waals surface area contributed by atoms with Crippen LogP contribution in [-0.2, 0) is 42.6 Å². The molecule has 4 aromatic rings. The zero-order valence-corrected chi connectivity index (χ0v) is 30.5. The van der Waals surface area contributed by atoms with Gasteiger partial charge in [-0.2, -0.15) is 0 Å². The summed E-state index contributed by atoms with van der Waals surface area (Å²) in [5, 5.41) is 21.5. The summed E-state index contributed by atoms with van der Waals surface area (Å²) in [5.41, 5.74) is 0.545. The van der Waals surface area contributed by atoms with Crippen molar-refractivity contribution >= 4 is 23.9 Å². The topological polar surface area (TPSA) is 192 Å². The Morgan fingerprint density at radius 2 is 1.00 bits per heavy atom. The fourth-order valence-corrected chi connectivity index (χ4v) is 6.69. The van der Waals surface area contributed by atoms with Gasteiger partial charge in [0, 0.05) is 0 Å². The van der Waals surface area contributed by atoms with Crippen molar-refractivity contribution in [3.63, 3.8) is 0 Å². The van der Waals surface area contributed by atoms with Crippen molar-refractivity contribution in [2.24, 2.45) is 0 Å². The highest BCUT2D eigenvalue weighted by Gasteiger charge is 2.58. The van der Waals surface area contributed by atoms with Gasteiger partial charge in [0.15, 0.2) is 37.2 Å². The van der Waals surface area contributed by atoms with Gasteiger partial charge in [-0.25, -0.2) is 19.2 Å². The first-order valence-corrected chi connectivity index (χ1v) is 18.3. The minimum absolute atomic E-state index is 0.105. The van der Waals surface area contributed by atoms with E-state index in [4.69, 9.17) is 42.6 Å². The van der Waals surface area contributed by atoms with Crippen LogP contribution >= 0.6 is 0 Å². The van der Waals surface area contributed by atoms with E-state index in [-0.39, 0.29) is 22.3 Å². The van der Waals surface area contributed by atoms with Crippen LogP contribution < -0.4 is 0 Å². The van der Waals surface area contributed by atoms with Crippen LogP contribution in [0.4, 0.5) is 0 Å². The van der Waals surface area contributed by atoms with Crippen molar-refractivity contribution in [1.29, 1.82) is 0 Å². The molecule has 0 amide bonds. The average molecular weight is 785 g/mol. The van der Waals surface area contributed by atoms with E-state index in [1.807, 2.05) is 0 Å². The molecule has 0 aliphatic carbocycles. The van der Waals surface area contributed by atoms with E-state index in [0.717, 1.165) is 0 Å². The first kappa shape index (κ1) is 39.7. The number of ether oxygens (including phenoxy) is 9. The molecule has 3 aliphatic rings. The third-order valence-electron chi connectivity index (χ3n) is 9.50. The summed E-state index contributed by atoms with van der Waals surface area (Å²) >= 11 is 0. The molecule has 0 aromatic heterocycles. The summed E-state index contributed by atoms with van der Waals surface area (Å²) in [6.45, 7) is 0.382. The average Bonchev–Trinajstić information content (AvgIpc) is 3.63. The van der Waals surface area contributed by atoms with E-state index >= 15 is 0 Å². The molecule has 2 N–H and O–H groups in total. The Kier molecular flexibility index (Phi) is 12.7. The summed E-state index contributed by atoms with van der Waals surface area (Å²) in [5.74, 6) is -3.40. The molecule has 3 fully saturated rings. The third kappa shape index (κ3) is 9.21. The van der Waals surface area contributed by atoms with Crippen LogP contribution in [0.25, 0.3) is 0 Å². The molecule has 0 spiro atoms. The lowest BCUT2D eigenvalue weighted by Crippen LogP contribution is -2.66. The predicted molar refractivity (Wildman–Crippen MR) is 194 cm³/mol. The second-order valence-electron chi connectivity index (χ2n) is 13.3. The number of fused-ring (bicyclic) bond motifs is 1. The smallest absolute Gasteiger partial charge is 0.338 e. The zero-order chi connectivity index (χ0) is 39.9. The van der Waals surface area contributed by atoms with Crippen LogP contribution in [0, 0.1) is 0 Å². The van der Waals surface area contributed by atoms with Crippen molar-refractivity contribution in [2.75, 3.05) is 13.2 Å². The Balaban J connectivity index is 1.31. The molecule has 11 atom stereocenters. The molecule has 3 aliphatic heterocycles. The molecule has 1 unspecified atom stereocenters. The van der Waals surface area contributed by atoms with E-state index in [2.05, 4.69) is 0 Å². The highest BCUT2D eigenvalue weighted by molar-refractivity contribution is 5.91. The summed E-state index contributed by atoms with van der Waals surface area (Å²) in [6.07, 6.45) is -15.3. The van der Waals surface area contributed by atoms with E-state index in [0.29, 0.717) is 0 Å². The van der Waals surface area contributed by atoms with Crippen molar-refractivity contribution < 1.29 is 72.0 Å². The van der Waals surface area contributed by atoms with E-state index in [9.17, 15) is 29.4 Å². The Morgan fingerprint density at radius 1 is 0.544 bits per heavy atom. The lowest BCUT2D eigenvalue weighted by atomic mass is 9.96. The first-order valence-electron chi connectivity index (χ1n) is 18.3. The van der Waals surface area contributed by atoms with Crippen LogP contribution in [0.3, 0.4) is 0 Å². The Bertz CT molecular complexity index is 1960. The number of carbonyl (C=O) groups excluding carboxylic acids is 4. The largest absolute Gasteiger partial charge is 0.459 e. The van der Waals surface area contributed by atoms with Crippen LogP contribution in [0.2, 0.25) is 0 Å². The van der Waals surface area contributed by atoms with Crippen LogP contribution in [0.5, 0.6) is 0 Å². The van der Waals surface area contributed by atoms with Crippen molar-refractivity contribution in [3.8, 4) is 0 Å². The number of carbonyl (C=O) groups is 4. The van der Waals surface area contributed by atoms with Gasteiger partial charge in [-0.05, 0) is 55.5 Å². The van der Waals surface area contributed by atoms with Gasteiger partial charge in [0.1, 0.15) is 37.1 Å². The summed E-state index contributed by atoms with van der Waals surface area (Å²) in [4.78, 5) is 54.8. The van der Waals surface area contributed by atoms with E-state index in [1.54, 1.807) is 79.7 Å². The number of aliphatic hydroxyl groups excluding tert-OH is 2. The van der Waals surface area contributed by atoms with Crippen LogP contribution in [0.15, 0.2) is 121 Å². The van der Waals surface area contributed by atoms with E-state index in [1.165, 1.54) is 48.5 Å². The highest BCUT2D eigenvalue weighted by Crippen LogP contribution is 2.37. The molecule has 298 valence electrons. The molecule has 15 heteroatoms. The molecule has 0 saturated carbocycles. The van der Waals surface area contributed by atoms with Gasteiger partial charge >= 0.3 is 23.9 Å². The Labute approximate surface area is 326 Å². The standard InChI is InChI=1S/C42H40O15/c1-24-50-35-33(31(44)29(22-43)52-41(35)51-24)57-42-36(56-40(48)28-20-12-5-13-21-28)34(55-39(47)27-18-10-4-11-19-27)32(54-38(46)26-16-8-3-9-17-26)30(53-42)23-49-37(45)25-14-6-2-7-15-25/h2-21,24,29-36,41-44H,22-23H2,1H3/t24?,29-,30-,31-,32-,33+,34+,35+,36+,41-,42-/m1/s1. The second kappa shape index (κ2) is 18.2. The van der Waals surface area contributed by atoms with Crippen LogP contribution in [-0.4, -0.2) is 115 Å². The van der Waals surface area contributed by atoms with Gasteiger partial charge in [0.2, 0.25) is 0 Å². The Morgan fingerprint density at radius 3 is 1.49 bits per heavy atom. The summed E-state index contributed by atoms with van der Waals surface area (Å²) in [6, 6.07) is 31.9. The van der Waals surface area contributed by atoms with Crippen molar-refractivity contribution in [2.45, 2.75) is 74.6 Å². The second-order valence-corrected chi connectivity index (χ2v) is 13.3. The van der Waals surface area contributed by atoms with Gasteiger partial charge in [0.05, 0.1) is 28.9 Å². The normalized spacial score (nSPS) is 29.4. The lowest BCUT2D eigenvalue weighted by molar-refractivity contribution is -0.342. The number of rotatable bonds is 12. The summed E-state index contributed by atoms with van der Waals surface area (Å²) in [7, 11) is 0. The van der Waals surface area contributed by atoms with Gasteiger partial charge in [-0.15, -0.1) is 0 Å². The van der Waals surface area contributed by atoms with Gasteiger partial charge in [-0.1, -0.05) is 72.8 Å². The number of hydrogen-bond donors (Lipinski definition) is 2. The van der Waals surface area contributed by atoms with Crippen molar-refractivity contribution in [3.05, 3.63) is 144 Å². The van der Waals surface area contributed by atoms with E-state index < -0.39 is 105 Å². The number of benzene rings is 4. The highest BCUT2D eigenvalue weighted by atomic mass is 16.8. The molecule has 4 aromatic carbocycles. The number of hydrogen-bond acceptors (Lipinski definition) is 15. The maximum absolute atomic E-state index is 13.9. The summed E-state index contributed by atoms with van der Waals surface area (Å²) < 4.78 is 54.1. The number of aliphatic hydroxyl groups is 2. The molecular weight excluding hydrogens is 744 g/mol. The minimum Gasteiger partial charge on any atom is -0.459 e. The number of esters is 4. The fraction of sp³-hybridized carbons (Fsp3) is 0.333. The van der Waals surface area contributed by atoms with Gasteiger partial charge < -0.3 is 52.8 Å². The Hall–Kier alpha value is -5.52. The molecule has 15 nitrogen and oxygen atoms in total. The quantitative estimate of drug-likeness (QED) is 0.157. The molecule has 0 radical (unpaired) electrons. The minimum atomic E-state index is -1.74. The maximum atomic E-state index is 13.9. The molecule has 0 bridgehead atoms. The molecule has 57 heavy (non-hydrogen) atoms. The van der Waals surface area contributed by atoms with Gasteiger partial charge in [-0.3, -0.25) is 0 Å². The first-order chi connectivity index (χ1) is 27.7. The van der Waals surface area contributed by atoms with Crippen molar-refractivity contribution in [1.82, 2.24) is 0 Å². The maximum Gasteiger partial charge on any atom is 0.338 e. The molecule has 3 heterocycles. The zero-order valence-electron chi connectivity index (χ0n) is 30.5. The fourth-order valence-electron chi connectivity index (χ4n) is 6.69. The monoisotopic (exact) mass is 784 g/mol. The molecular formula is C42H40O15. The molecule has 3 saturated heterocycles. The molecule has 7 rings (SSSR count).